The van der Waals surface area contributed by atoms with Gasteiger partial charge in [0.15, 0.2) is 35.7 Å². The molecule has 11 atom stereocenters. The van der Waals surface area contributed by atoms with Gasteiger partial charge in [0.1, 0.15) is 42.4 Å². The molecule has 2 fully saturated rings. The van der Waals surface area contributed by atoms with E-state index >= 15 is 0 Å². The number of anilines is 1. The Kier molecular flexibility index (Phi) is 11.2. The number of esters is 1. The molecule has 268 valence electrons. The van der Waals surface area contributed by atoms with E-state index in [0.717, 1.165) is 6.33 Å². The Morgan fingerprint density at radius 2 is 1.52 bits per heavy atom. The molecule has 0 aromatic carbocycles. The lowest BCUT2D eigenvalue weighted by atomic mass is 9.96. The monoisotopic (exact) mass is 733 g/mol. The predicted octanol–water partition coefficient (Wildman–Crippen LogP) is -4.05. The zero-order valence-corrected chi connectivity index (χ0v) is 25.7. The van der Waals surface area contributed by atoms with Crippen LogP contribution in [0.2, 0.25) is 0 Å². The Balaban J connectivity index is 1.29. The molecule has 4 unspecified atom stereocenters. The van der Waals surface area contributed by atoms with Crippen LogP contribution in [0.15, 0.2) is 12.7 Å². The number of aromatic nitrogens is 4. The first kappa shape index (κ1) is 37.6. The minimum absolute atomic E-state index is 0.00953. The number of hydrogen-bond donors (Lipinski definition) is 10. The number of fused-ring (bicyclic) bond motifs is 1. The van der Waals surface area contributed by atoms with Crippen LogP contribution < -0.4 is 5.73 Å². The zero-order valence-electron chi connectivity index (χ0n) is 23.9. The van der Waals surface area contributed by atoms with Crippen LogP contribution in [0, 0.1) is 0 Å². The van der Waals surface area contributed by atoms with Crippen LogP contribution in [-0.2, 0) is 51.1 Å². The number of nitrogen functional groups attached to an aromatic ring is 1. The number of nitrogens with zero attached hydrogens (tertiary/aromatic N) is 4. The predicted molar refractivity (Wildman–Crippen MR) is 145 cm³/mol. The normalized spacial score (nSPS) is 31.1. The highest BCUT2D eigenvalue weighted by Gasteiger charge is 2.50. The zero-order chi connectivity index (χ0) is 35.8. The molecule has 2 aromatic rings. The van der Waals surface area contributed by atoms with Gasteiger partial charge < -0.3 is 65.5 Å². The summed E-state index contributed by atoms with van der Waals surface area (Å²) in [6.07, 6.45) is -14.8. The highest BCUT2D eigenvalue weighted by Crippen LogP contribution is 2.60. The van der Waals surface area contributed by atoms with E-state index < -0.39 is 114 Å². The molecule has 0 bridgehead atoms. The Labute approximate surface area is 266 Å². The van der Waals surface area contributed by atoms with Gasteiger partial charge in [0.05, 0.1) is 32.4 Å². The molecule has 11 N–H and O–H groups in total. The molecule has 4 heterocycles. The van der Waals surface area contributed by atoms with Crippen molar-refractivity contribution in [2.45, 2.75) is 67.6 Å². The summed E-state index contributed by atoms with van der Waals surface area (Å²) in [6.45, 7) is -2.15. The van der Waals surface area contributed by atoms with Crippen LogP contribution in [-0.4, -0.2) is 145 Å². The van der Waals surface area contributed by atoms with Crippen LogP contribution in [0.5, 0.6) is 0 Å². The van der Waals surface area contributed by atoms with Gasteiger partial charge in [-0.05, 0) is 0 Å². The molecule has 0 aliphatic carbocycles. The maximum Gasteiger partial charge on any atom is 0.481 e. The fourth-order valence-electron chi connectivity index (χ4n) is 4.54. The maximum atomic E-state index is 12.4. The number of phosphoric acid groups is 2. The number of hydrogen-bond acceptors (Lipinski definition) is 20. The molecule has 2 aliphatic heterocycles. The van der Waals surface area contributed by atoms with E-state index in [9.17, 15) is 58.8 Å². The third kappa shape index (κ3) is 8.47. The van der Waals surface area contributed by atoms with Gasteiger partial charge in [0.25, 0.3) is 0 Å². The van der Waals surface area contributed by atoms with Gasteiger partial charge >= 0.3 is 33.6 Å². The van der Waals surface area contributed by atoms with Crippen LogP contribution in [0.4, 0.5) is 5.82 Å². The molecule has 4 rings (SSSR count). The number of phosphoric ester groups is 2. The van der Waals surface area contributed by atoms with Crippen LogP contribution in [0.3, 0.4) is 0 Å². The first-order chi connectivity index (χ1) is 22.2. The fraction of sp³-hybridized carbons (Fsp3) is 0.619. The summed E-state index contributed by atoms with van der Waals surface area (Å²) >= 11 is 0. The molecule has 27 heteroatoms. The number of carbonyl (C=O) groups excluding carboxylic acids is 1. The lowest BCUT2D eigenvalue weighted by molar-refractivity contribution is -0.183. The third-order valence-corrected chi connectivity index (χ3v) is 9.47. The summed E-state index contributed by atoms with van der Waals surface area (Å²) in [5.41, 5.74) is 2.88. The van der Waals surface area contributed by atoms with Crippen molar-refractivity contribution in [3.05, 3.63) is 12.7 Å². The van der Waals surface area contributed by atoms with Crippen LogP contribution >= 0.6 is 15.6 Å². The van der Waals surface area contributed by atoms with Gasteiger partial charge in [-0.3, -0.25) is 23.2 Å². The number of carbonyl (C=O) groups is 3. The summed E-state index contributed by atoms with van der Waals surface area (Å²) in [4.78, 5) is 65.8. The first-order valence-electron chi connectivity index (χ1n) is 13.2. The van der Waals surface area contributed by atoms with Gasteiger partial charge in [0.2, 0.25) is 0 Å². The summed E-state index contributed by atoms with van der Waals surface area (Å²) < 4.78 is 54.3. The molecule has 48 heavy (non-hydrogen) atoms. The third-order valence-electron chi connectivity index (χ3n) is 6.87. The molecule has 0 amide bonds. The van der Waals surface area contributed by atoms with Crippen molar-refractivity contribution in [1.82, 2.24) is 19.5 Å². The number of imidazole rings is 1. The number of aliphatic hydroxyl groups excluding tert-OH is 4. The van der Waals surface area contributed by atoms with Crippen molar-refractivity contribution in [3.63, 3.8) is 0 Å². The highest BCUT2D eigenvalue weighted by molar-refractivity contribution is 7.61. The van der Waals surface area contributed by atoms with Crippen molar-refractivity contribution in [1.29, 1.82) is 0 Å². The largest absolute Gasteiger partial charge is 0.481 e. The quantitative estimate of drug-likeness (QED) is 0.0615. The maximum absolute atomic E-state index is 12.4. The molecular formula is C21H29N5O20P2. The standard InChI is InChI=1S/C21H29N5O20P2/c22-16-11-17(24-5-23-16)26(6-25-11)18-14(32)12(30)7(43-18)3-41-47(37,38)46-48(39,40)42-4-8-13(31)15(19(33)44-8)45-10(29)2-21(36,20(34)35)1-9(27)28/h5-8,12-15,18-19,30-33,36H,1-4H2,(H,27,28)(H,34,35)(H,37,38)(H,39,40)(H2,22,23,24)/t7-,8-,12-,13-,14-,15-,18-,19?,21?/m1/s1. The van der Waals surface area contributed by atoms with E-state index in [2.05, 4.69) is 28.3 Å². The number of aliphatic hydroxyl groups is 5. The Hall–Kier alpha value is -3.26. The molecule has 25 nitrogen and oxygen atoms in total. The van der Waals surface area contributed by atoms with Gasteiger partial charge in [-0.15, -0.1) is 0 Å². The SMILES string of the molecule is Nc1ncnc2c1ncn2[C@@H]1O[C@H](COP(=O)(O)OP(=O)(O)OC[C@H]2OC(O)[C@H](OC(=O)CC(O)(CC(=O)O)C(=O)O)[C@@H]2O)[C@@H](O)[C@H]1O. The van der Waals surface area contributed by atoms with E-state index in [1.165, 1.54) is 10.9 Å². The van der Waals surface area contributed by atoms with Crippen molar-refractivity contribution >= 4 is 50.5 Å². The second-order valence-corrected chi connectivity index (χ2v) is 13.4. The van der Waals surface area contributed by atoms with Crippen LogP contribution in [0.1, 0.15) is 19.1 Å². The van der Waals surface area contributed by atoms with Crippen LogP contribution in [0.25, 0.3) is 11.2 Å². The molecule has 2 aromatic heterocycles. The summed E-state index contributed by atoms with van der Waals surface area (Å²) in [7, 11) is -11.0. The van der Waals surface area contributed by atoms with E-state index in [-0.39, 0.29) is 17.0 Å². The summed E-state index contributed by atoms with van der Waals surface area (Å²) in [5.74, 6) is -5.44. The topological polar surface area (TPSA) is 392 Å². The Morgan fingerprint density at radius 3 is 2.10 bits per heavy atom. The van der Waals surface area contributed by atoms with Crippen molar-refractivity contribution in [3.8, 4) is 0 Å². The molecule has 0 radical (unpaired) electrons. The van der Waals surface area contributed by atoms with E-state index in [4.69, 9.17) is 30.2 Å². The molecule has 2 aliphatic rings. The minimum Gasteiger partial charge on any atom is -0.481 e. The number of aliphatic carboxylic acids is 2. The lowest BCUT2D eigenvalue weighted by Gasteiger charge is -2.23. The van der Waals surface area contributed by atoms with E-state index in [0.29, 0.717) is 0 Å². The second-order valence-electron chi connectivity index (χ2n) is 10.3. The van der Waals surface area contributed by atoms with Gasteiger partial charge in [-0.2, -0.15) is 4.31 Å². The second kappa shape index (κ2) is 14.3. The Bertz CT molecular complexity index is 1630. The van der Waals surface area contributed by atoms with Gasteiger partial charge in [-0.25, -0.2) is 28.9 Å². The van der Waals surface area contributed by atoms with Gasteiger partial charge in [0, 0.05) is 0 Å². The number of carboxylic acids is 2. The summed E-state index contributed by atoms with van der Waals surface area (Å²) in [6, 6.07) is 0. The molecule has 0 spiro atoms. The highest BCUT2D eigenvalue weighted by atomic mass is 31.3. The molecule has 2 saturated heterocycles. The molecule has 0 saturated carbocycles. The minimum atomic E-state index is -5.55. The van der Waals surface area contributed by atoms with Gasteiger partial charge in [-0.1, -0.05) is 0 Å². The Morgan fingerprint density at radius 1 is 0.917 bits per heavy atom. The lowest BCUT2D eigenvalue weighted by Crippen LogP contribution is -2.45. The first-order valence-corrected chi connectivity index (χ1v) is 16.2. The average molecular weight is 733 g/mol. The van der Waals surface area contributed by atoms with E-state index in [1.807, 2.05) is 0 Å². The number of ether oxygens (including phenoxy) is 3. The van der Waals surface area contributed by atoms with Crippen molar-refractivity contribution in [2.24, 2.45) is 0 Å². The average Bonchev–Trinajstić information content (AvgIpc) is 3.60. The number of nitrogens with two attached hydrogens (primary N) is 1. The number of carboxylic acid groups (broad SMARTS) is 2. The van der Waals surface area contributed by atoms with E-state index in [1.54, 1.807) is 0 Å². The van der Waals surface area contributed by atoms with Crippen molar-refractivity contribution < 1.29 is 96.6 Å². The van der Waals surface area contributed by atoms with Crippen molar-refractivity contribution in [2.75, 3.05) is 18.9 Å². The molecular weight excluding hydrogens is 704 g/mol. The number of rotatable bonds is 15. The summed E-state index contributed by atoms with van der Waals surface area (Å²) in [5, 5.41) is 68.9. The fourth-order valence-corrected chi connectivity index (χ4v) is 6.64. The smallest absolute Gasteiger partial charge is 0.481 e.